The first-order valence-corrected chi connectivity index (χ1v) is 7.64. The van der Waals surface area contributed by atoms with Crippen LogP contribution in [0.3, 0.4) is 0 Å². The van der Waals surface area contributed by atoms with Crippen LogP contribution >= 0.6 is 0 Å². The van der Waals surface area contributed by atoms with Gasteiger partial charge in [0, 0.05) is 11.1 Å². The molecule has 0 saturated heterocycles. The maximum atomic E-state index is 12.3. The van der Waals surface area contributed by atoms with E-state index in [-0.39, 0.29) is 17.4 Å². The minimum Gasteiger partial charge on any atom is -0.507 e. The molecule has 0 bridgehead atoms. The number of nitrogens with one attached hydrogen (secondary N) is 2. The molecule has 0 saturated carbocycles. The smallest absolute Gasteiger partial charge is 0.287 e. The van der Waals surface area contributed by atoms with Gasteiger partial charge in [0.25, 0.3) is 11.8 Å². The molecule has 0 atom stereocenters. The molecule has 2 aromatic rings. The van der Waals surface area contributed by atoms with Crippen molar-refractivity contribution in [2.24, 2.45) is 5.10 Å². The lowest BCUT2D eigenvalue weighted by atomic mass is 10.2. The number of hydrogen-bond donors (Lipinski definition) is 3. The predicted octanol–water partition coefficient (Wildman–Crippen LogP) is 2.57. The third-order valence-corrected chi connectivity index (χ3v) is 3.31. The number of phenols is 1. The molecule has 2 amide bonds. The molecule has 0 aliphatic carbocycles. The van der Waals surface area contributed by atoms with Crippen LogP contribution in [-0.4, -0.2) is 23.1 Å². The van der Waals surface area contributed by atoms with Gasteiger partial charge < -0.3 is 10.4 Å². The van der Waals surface area contributed by atoms with Crippen molar-refractivity contribution in [2.75, 3.05) is 0 Å². The van der Waals surface area contributed by atoms with Crippen LogP contribution in [0.15, 0.2) is 71.0 Å². The zero-order valence-electron chi connectivity index (χ0n) is 14.0. The fourth-order valence-electron chi connectivity index (χ4n) is 2.00. The fourth-order valence-corrected chi connectivity index (χ4v) is 2.00. The van der Waals surface area contributed by atoms with Crippen molar-refractivity contribution in [2.45, 2.75) is 13.8 Å². The number of aromatic hydroxyl groups is 1. The Hall–Kier alpha value is -3.41. The Balaban J connectivity index is 2.05. The first-order valence-electron chi connectivity index (χ1n) is 7.64. The summed E-state index contributed by atoms with van der Waals surface area (Å²) in [6.45, 7) is 3.43. The number of amides is 2. The van der Waals surface area contributed by atoms with Crippen molar-refractivity contribution >= 4 is 18.0 Å². The van der Waals surface area contributed by atoms with Gasteiger partial charge in [-0.2, -0.15) is 5.10 Å². The van der Waals surface area contributed by atoms with Crippen molar-refractivity contribution in [1.82, 2.24) is 10.7 Å². The van der Waals surface area contributed by atoms with Crippen LogP contribution in [0.4, 0.5) is 0 Å². The van der Waals surface area contributed by atoms with E-state index in [2.05, 4.69) is 15.8 Å². The van der Waals surface area contributed by atoms with E-state index in [0.717, 1.165) is 0 Å². The van der Waals surface area contributed by atoms with E-state index >= 15 is 0 Å². The Morgan fingerprint density at radius 1 is 1.00 bits per heavy atom. The largest absolute Gasteiger partial charge is 0.507 e. The number of carbonyl (C=O) groups is 2. The number of benzene rings is 2. The maximum absolute atomic E-state index is 12.3. The molecular formula is C19H19N3O3. The number of carbonyl (C=O) groups excluding carboxylic acids is 2. The summed E-state index contributed by atoms with van der Waals surface area (Å²) in [5.41, 5.74) is 4.03. The first-order chi connectivity index (χ1) is 12.0. The third kappa shape index (κ3) is 5.04. The van der Waals surface area contributed by atoms with Crippen molar-refractivity contribution in [1.29, 1.82) is 0 Å². The molecule has 6 heteroatoms. The molecule has 0 aromatic heterocycles. The molecule has 128 valence electrons. The van der Waals surface area contributed by atoms with Crippen molar-refractivity contribution in [3.05, 3.63) is 77.0 Å². The quantitative estimate of drug-likeness (QED) is 0.445. The Labute approximate surface area is 145 Å². The molecule has 3 N–H and O–H groups in total. The summed E-state index contributed by atoms with van der Waals surface area (Å²) in [4.78, 5) is 24.5. The zero-order valence-corrected chi connectivity index (χ0v) is 14.0. The van der Waals surface area contributed by atoms with Crippen molar-refractivity contribution in [3.8, 4) is 5.75 Å². The highest BCUT2D eigenvalue weighted by Crippen LogP contribution is 2.12. The lowest BCUT2D eigenvalue weighted by molar-refractivity contribution is -0.117. The van der Waals surface area contributed by atoms with Gasteiger partial charge in [0.1, 0.15) is 11.4 Å². The van der Waals surface area contributed by atoms with Gasteiger partial charge in [-0.1, -0.05) is 30.3 Å². The van der Waals surface area contributed by atoms with E-state index in [1.54, 1.807) is 62.4 Å². The normalized spacial score (nSPS) is 10.3. The molecule has 0 spiro atoms. The number of phenolic OH excluding ortho intramolecular Hbond substituents is 1. The molecular weight excluding hydrogens is 318 g/mol. The second kappa shape index (κ2) is 8.44. The predicted molar refractivity (Wildman–Crippen MR) is 96.1 cm³/mol. The molecule has 0 radical (unpaired) electrons. The van der Waals surface area contributed by atoms with Crippen LogP contribution in [0.2, 0.25) is 0 Å². The number of hydrogen-bond acceptors (Lipinski definition) is 4. The summed E-state index contributed by atoms with van der Waals surface area (Å²) in [5, 5.41) is 16.1. The topological polar surface area (TPSA) is 90.8 Å². The second-order valence-electron chi connectivity index (χ2n) is 5.45. The molecule has 0 aliphatic rings. The second-order valence-corrected chi connectivity index (χ2v) is 5.45. The van der Waals surface area contributed by atoms with Crippen LogP contribution in [0.5, 0.6) is 5.75 Å². The van der Waals surface area contributed by atoms with E-state index in [1.165, 1.54) is 12.3 Å². The van der Waals surface area contributed by atoms with E-state index < -0.39 is 5.91 Å². The molecule has 6 nitrogen and oxygen atoms in total. The highest BCUT2D eigenvalue weighted by Gasteiger charge is 2.15. The lowest BCUT2D eigenvalue weighted by Crippen LogP contribution is -2.33. The van der Waals surface area contributed by atoms with E-state index in [4.69, 9.17) is 0 Å². The molecule has 2 rings (SSSR count). The van der Waals surface area contributed by atoms with Crippen LogP contribution < -0.4 is 10.7 Å². The average molecular weight is 337 g/mol. The highest BCUT2D eigenvalue weighted by molar-refractivity contribution is 6.03. The molecule has 0 fully saturated rings. The monoisotopic (exact) mass is 337 g/mol. The van der Waals surface area contributed by atoms with E-state index in [1.807, 2.05) is 0 Å². The van der Waals surface area contributed by atoms with E-state index in [9.17, 15) is 14.7 Å². The standard InChI is InChI=1S/C19H19N3O3/c1-13(2)17(21-18(24)14-8-4-3-5-9-14)19(25)22-20-12-15-10-6-7-11-16(15)23/h3-12,23H,1-2H3,(H,21,24)(H,22,25). The van der Waals surface area contributed by atoms with Gasteiger partial charge in [0.15, 0.2) is 0 Å². The summed E-state index contributed by atoms with van der Waals surface area (Å²) >= 11 is 0. The summed E-state index contributed by atoms with van der Waals surface area (Å²) in [5.74, 6) is -0.868. The lowest BCUT2D eigenvalue weighted by Gasteiger charge is -2.10. The number of para-hydroxylation sites is 1. The number of hydrazone groups is 1. The van der Waals surface area contributed by atoms with Crippen molar-refractivity contribution < 1.29 is 14.7 Å². The summed E-state index contributed by atoms with van der Waals surface area (Å²) in [6, 6.07) is 15.2. The number of rotatable bonds is 5. The maximum Gasteiger partial charge on any atom is 0.287 e. The Morgan fingerprint density at radius 2 is 1.64 bits per heavy atom. The molecule has 0 unspecified atom stereocenters. The number of allylic oxidation sites excluding steroid dienone is 1. The average Bonchev–Trinajstić information content (AvgIpc) is 2.61. The minimum atomic E-state index is -0.545. The molecule has 2 aromatic carbocycles. The van der Waals surface area contributed by atoms with Gasteiger partial charge in [-0.15, -0.1) is 0 Å². The van der Waals surface area contributed by atoms with Crippen molar-refractivity contribution in [3.63, 3.8) is 0 Å². The highest BCUT2D eigenvalue weighted by atomic mass is 16.3. The Kier molecular flexibility index (Phi) is 6.06. The van der Waals surface area contributed by atoms with Gasteiger partial charge in [-0.3, -0.25) is 9.59 Å². The molecule has 25 heavy (non-hydrogen) atoms. The Morgan fingerprint density at radius 3 is 2.28 bits per heavy atom. The first kappa shape index (κ1) is 17.9. The Bertz CT molecular complexity index is 823. The summed E-state index contributed by atoms with van der Waals surface area (Å²) in [7, 11) is 0. The van der Waals surface area contributed by atoms with Gasteiger partial charge in [-0.25, -0.2) is 5.43 Å². The minimum absolute atomic E-state index is 0.0558. The molecule has 0 heterocycles. The van der Waals surface area contributed by atoms with Crippen LogP contribution in [0, 0.1) is 0 Å². The van der Waals surface area contributed by atoms with Crippen LogP contribution in [0.1, 0.15) is 29.8 Å². The SMILES string of the molecule is CC(C)=C(NC(=O)c1ccccc1)C(=O)NN=Cc1ccccc1O. The van der Waals surface area contributed by atoms with Gasteiger partial charge in [0.2, 0.25) is 0 Å². The van der Waals surface area contributed by atoms with Gasteiger partial charge in [-0.05, 0) is 43.7 Å². The zero-order chi connectivity index (χ0) is 18.2. The summed E-state index contributed by atoms with van der Waals surface area (Å²) in [6.07, 6.45) is 1.33. The fraction of sp³-hybridized carbons (Fsp3) is 0.105. The number of nitrogens with zero attached hydrogens (tertiary/aromatic N) is 1. The third-order valence-electron chi connectivity index (χ3n) is 3.31. The molecule has 0 aliphatic heterocycles. The van der Waals surface area contributed by atoms with Crippen LogP contribution in [0.25, 0.3) is 0 Å². The summed E-state index contributed by atoms with van der Waals surface area (Å²) < 4.78 is 0. The van der Waals surface area contributed by atoms with Crippen LogP contribution in [-0.2, 0) is 4.79 Å². The van der Waals surface area contributed by atoms with Gasteiger partial charge >= 0.3 is 0 Å². The van der Waals surface area contributed by atoms with Gasteiger partial charge in [0.05, 0.1) is 6.21 Å². The van der Waals surface area contributed by atoms with E-state index in [0.29, 0.717) is 16.7 Å².